The molecule has 1 unspecified atom stereocenters. The van der Waals surface area contributed by atoms with Crippen molar-refractivity contribution < 1.29 is 0 Å². The van der Waals surface area contributed by atoms with E-state index in [0.717, 1.165) is 12.2 Å². The van der Waals surface area contributed by atoms with Gasteiger partial charge in [-0.25, -0.2) is 0 Å². The highest BCUT2D eigenvalue weighted by Gasteiger charge is 2.20. The molecule has 4 heteroatoms. The lowest BCUT2D eigenvalue weighted by Crippen LogP contribution is -2.37. The Morgan fingerprint density at radius 2 is 2.24 bits per heavy atom. The van der Waals surface area contributed by atoms with Crippen LogP contribution in [-0.2, 0) is 0 Å². The second kappa shape index (κ2) is 4.96. The Labute approximate surface area is 107 Å². The summed E-state index contributed by atoms with van der Waals surface area (Å²) in [6, 6.07) is 6.15. The topological polar surface area (TPSA) is 53.1 Å². The van der Waals surface area contributed by atoms with Crippen molar-refractivity contribution in [2.45, 2.75) is 32.2 Å². The Kier molecular flexibility index (Phi) is 3.57. The number of hydrogen-bond acceptors (Lipinski definition) is 2. The second-order valence-corrected chi connectivity index (χ2v) is 5.03. The number of halogens is 1. The molecule has 0 spiro atoms. The quantitative estimate of drug-likeness (QED) is 0.627. The van der Waals surface area contributed by atoms with Crippen LogP contribution < -0.4 is 10.6 Å². The summed E-state index contributed by atoms with van der Waals surface area (Å²) >= 11 is 6.28. The lowest BCUT2D eigenvalue weighted by atomic mass is 10.0. The van der Waals surface area contributed by atoms with E-state index in [2.05, 4.69) is 11.8 Å². The normalized spacial score (nSPS) is 20.4. The third-order valence-corrected chi connectivity index (χ3v) is 3.67. The summed E-state index contributed by atoms with van der Waals surface area (Å²) in [6.07, 6.45) is 3.72. The molecule has 2 rings (SSSR count). The number of rotatable bonds is 2. The molecule has 0 amide bonds. The minimum Gasteiger partial charge on any atom is -0.384 e. The molecule has 1 aliphatic rings. The Morgan fingerprint density at radius 3 is 2.82 bits per heavy atom. The molecule has 1 aliphatic heterocycles. The molecule has 17 heavy (non-hydrogen) atoms. The highest BCUT2D eigenvalue weighted by atomic mass is 35.5. The number of hydrogen-bond donors (Lipinski definition) is 2. The van der Waals surface area contributed by atoms with Crippen LogP contribution in [0.3, 0.4) is 0 Å². The van der Waals surface area contributed by atoms with Crippen LogP contribution in [0.4, 0.5) is 5.69 Å². The molecule has 1 heterocycles. The van der Waals surface area contributed by atoms with Gasteiger partial charge in [-0.05, 0) is 44.4 Å². The molecular formula is C13H18ClN3. The molecule has 1 saturated heterocycles. The van der Waals surface area contributed by atoms with E-state index in [0.29, 0.717) is 16.6 Å². The van der Waals surface area contributed by atoms with Gasteiger partial charge in [0, 0.05) is 18.2 Å². The molecule has 3 nitrogen and oxygen atoms in total. The zero-order valence-electron chi connectivity index (χ0n) is 10.0. The molecule has 0 saturated carbocycles. The fourth-order valence-electron chi connectivity index (χ4n) is 2.36. The van der Waals surface area contributed by atoms with E-state index >= 15 is 0 Å². The molecule has 0 aromatic heterocycles. The predicted octanol–water partition coefficient (Wildman–Crippen LogP) is 3.00. The smallest absolute Gasteiger partial charge is 0.122 e. The fraction of sp³-hybridized carbons (Fsp3) is 0.462. The second-order valence-electron chi connectivity index (χ2n) is 4.62. The maximum Gasteiger partial charge on any atom is 0.122 e. The minimum absolute atomic E-state index is 0.0603. The van der Waals surface area contributed by atoms with Crippen LogP contribution in [0, 0.1) is 5.41 Å². The molecule has 92 valence electrons. The Bertz CT molecular complexity index is 431. The van der Waals surface area contributed by atoms with Crippen LogP contribution in [0.15, 0.2) is 18.2 Å². The summed E-state index contributed by atoms with van der Waals surface area (Å²) in [4.78, 5) is 2.34. The van der Waals surface area contributed by atoms with Crippen LogP contribution >= 0.6 is 11.6 Å². The largest absolute Gasteiger partial charge is 0.384 e. The lowest BCUT2D eigenvalue weighted by Gasteiger charge is -2.36. The first-order chi connectivity index (χ1) is 8.09. The van der Waals surface area contributed by atoms with Crippen molar-refractivity contribution in [2.24, 2.45) is 5.73 Å². The maximum absolute atomic E-state index is 7.39. The first kappa shape index (κ1) is 12.2. The zero-order valence-corrected chi connectivity index (χ0v) is 10.8. The van der Waals surface area contributed by atoms with E-state index in [-0.39, 0.29) is 5.84 Å². The van der Waals surface area contributed by atoms with Crippen LogP contribution in [-0.4, -0.2) is 18.4 Å². The van der Waals surface area contributed by atoms with Crippen molar-refractivity contribution in [1.82, 2.24) is 0 Å². The number of anilines is 1. The first-order valence-corrected chi connectivity index (χ1v) is 6.38. The first-order valence-electron chi connectivity index (χ1n) is 6.00. The number of nitrogens with zero attached hydrogens (tertiary/aromatic N) is 1. The number of nitrogen functional groups attached to an aromatic ring is 1. The van der Waals surface area contributed by atoms with E-state index in [1.165, 1.54) is 19.3 Å². The number of nitrogens with one attached hydrogen (secondary N) is 1. The minimum atomic E-state index is 0.0603. The van der Waals surface area contributed by atoms with Crippen LogP contribution in [0.1, 0.15) is 31.7 Å². The maximum atomic E-state index is 7.39. The molecular weight excluding hydrogens is 234 g/mol. The fourth-order valence-corrected chi connectivity index (χ4v) is 2.65. The van der Waals surface area contributed by atoms with Gasteiger partial charge in [-0.1, -0.05) is 11.6 Å². The monoisotopic (exact) mass is 251 g/mol. The van der Waals surface area contributed by atoms with Gasteiger partial charge in [-0.15, -0.1) is 0 Å². The SMILES string of the molecule is CC1CCCCN1c1ccc(C(=N)N)cc1Cl. The van der Waals surface area contributed by atoms with E-state index < -0.39 is 0 Å². The van der Waals surface area contributed by atoms with Crippen molar-refractivity contribution >= 4 is 23.1 Å². The van der Waals surface area contributed by atoms with E-state index in [9.17, 15) is 0 Å². The van der Waals surface area contributed by atoms with Gasteiger partial charge in [0.1, 0.15) is 5.84 Å². The number of nitrogens with two attached hydrogens (primary N) is 1. The third kappa shape index (κ3) is 2.55. The third-order valence-electron chi connectivity index (χ3n) is 3.37. The summed E-state index contributed by atoms with van der Waals surface area (Å²) in [5, 5.41) is 8.08. The van der Waals surface area contributed by atoms with Crippen LogP contribution in [0.25, 0.3) is 0 Å². The number of amidine groups is 1. The Hall–Kier alpha value is -1.22. The van der Waals surface area contributed by atoms with Crippen molar-refractivity contribution in [1.29, 1.82) is 5.41 Å². The highest BCUT2D eigenvalue weighted by molar-refractivity contribution is 6.33. The Balaban J connectivity index is 2.29. The van der Waals surface area contributed by atoms with Gasteiger partial charge in [0.2, 0.25) is 0 Å². The van der Waals surface area contributed by atoms with Crippen molar-refractivity contribution in [3.8, 4) is 0 Å². The predicted molar refractivity (Wildman–Crippen MR) is 73.1 cm³/mol. The van der Waals surface area contributed by atoms with Gasteiger partial charge in [0.25, 0.3) is 0 Å². The summed E-state index contributed by atoms with van der Waals surface area (Å²) in [7, 11) is 0. The number of benzene rings is 1. The van der Waals surface area contributed by atoms with Crippen molar-refractivity contribution in [2.75, 3.05) is 11.4 Å². The average molecular weight is 252 g/mol. The molecule has 0 bridgehead atoms. The average Bonchev–Trinajstić information content (AvgIpc) is 2.30. The standard InChI is InChI=1S/C13H18ClN3/c1-9-4-2-3-7-17(9)12-6-5-10(13(15)16)8-11(12)14/h5-6,8-9H,2-4,7H2,1H3,(H3,15,16). The zero-order chi connectivity index (χ0) is 12.4. The summed E-state index contributed by atoms with van der Waals surface area (Å²) < 4.78 is 0. The molecule has 1 aromatic carbocycles. The van der Waals surface area contributed by atoms with Gasteiger partial charge in [-0.2, -0.15) is 0 Å². The summed E-state index contributed by atoms with van der Waals surface area (Å²) in [5.74, 6) is 0.0603. The van der Waals surface area contributed by atoms with Gasteiger partial charge < -0.3 is 10.6 Å². The summed E-state index contributed by atoms with van der Waals surface area (Å²) in [6.45, 7) is 3.29. The van der Waals surface area contributed by atoms with Gasteiger partial charge in [0.05, 0.1) is 10.7 Å². The molecule has 3 N–H and O–H groups in total. The van der Waals surface area contributed by atoms with Gasteiger partial charge in [-0.3, -0.25) is 5.41 Å². The molecule has 1 atom stereocenters. The Morgan fingerprint density at radius 1 is 1.47 bits per heavy atom. The van der Waals surface area contributed by atoms with E-state index in [1.807, 2.05) is 12.1 Å². The molecule has 1 aromatic rings. The molecule has 0 aliphatic carbocycles. The lowest BCUT2D eigenvalue weighted by molar-refractivity contribution is 0.485. The number of piperidine rings is 1. The van der Waals surface area contributed by atoms with Crippen molar-refractivity contribution in [3.05, 3.63) is 28.8 Å². The summed E-state index contributed by atoms with van der Waals surface area (Å²) in [5.41, 5.74) is 7.19. The highest BCUT2D eigenvalue weighted by Crippen LogP contribution is 2.31. The van der Waals surface area contributed by atoms with Crippen LogP contribution in [0.5, 0.6) is 0 Å². The van der Waals surface area contributed by atoms with Crippen molar-refractivity contribution in [3.63, 3.8) is 0 Å². The van der Waals surface area contributed by atoms with Gasteiger partial charge >= 0.3 is 0 Å². The van der Waals surface area contributed by atoms with Crippen LogP contribution in [0.2, 0.25) is 5.02 Å². The molecule has 0 radical (unpaired) electrons. The van der Waals surface area contributed by atoms with Gasteiger partial charge in [0.15, 0.2) is 0 Å². The van der Waals surface area contributed by atoms with E-state index in [1.54, 1.807) is 6.07 Å². The molecule has 1 fully saturated rings. The van der Waals surface area contributed by atoms with E-state index in [4.69, 9.17) is 22.7 Å².